The first-order valence-corrected chi connectivity index (χ1v) is 4.71. The first kappa shape index (κ1) is 9.96. The highest BCUT2D eigenvalue weighted by molar-refractivity contribution is 4.70. The number of methoxy groups -OCH3 is 1. The molecular formula is C9H20N2O. The molecule has 1 heterocycles. The Balaban J connectivity index is 2.01. The van der Waals surface area contributed by atoms with Crippen LogP contribution >= 0.6 is 0 Å². The maximum atomic E-state index is 4.93. The number of piperidine rings is 1. The summed E-state index contributed by atoms with van der Waals surface area (Å²) in [5.74, 6) is 0.858. The van der Waals surface area contributed by atoms with Crippen LogP contribution in [0.2, 0.25) is 0 Å². The molecule has 3 nitrogen and oxygen atoms in total. The summed E-state index contributed by atoms with van der Waals surface area (Å²) >= 11 is 0. The second kappa shape index (κ2) is 5.51. The summed E-state index contributed by atoms with van der Waals surface area (Å²) in [5.41, 5.74) is 0. The minimum atomic E-state index is 0.687. The summed E-state index contributed by atoms with van der Waals surface area (Å²) in [6.45, 7) is 4.30. The molecule has 1 aliphatic rings. The van der Waals surface area contributed by atoms with E-state index in [4.69, 9.17) is 4.74 Å². The van der Waals surface area contributed by atoms with E-state index >= 15 is 0 Å². The predicted molar refractivity (Wildman–Crippen MR) is 50.1 cm³/mol. The van der Waals surface area contributed by atoms with Crippen LogP contribution in [0.4, 0.5) is 0 Å². The van der Waals surface area contributed by atoms with E-state index < -0.39 is 0 Å². The van der Waals surface area contributed by atoms with Gasteiger partial charge in [0.05, 0.1) is 6.73 Å². The van der Waals surface area contributed by atoms with E-state index in [0.29, 0.717) is 6.73 Å². The molecule has 3 heteroatoms. The lowest BCUT2D eigenvalue weighted by molar-refractivity contribution is 0.156. The quantitative estimate of drug-likeness (QED) is 0.494. The third-order valence-corrected chi connectivity index (χ3v) is 2.52. The van der Waals surface area contributed by atoms with Crippen molar-refractivity contribution >= 4 is 0 Å². The number of hydrogen-bond donors (Lipinski definition) is 1. The van der Waals surface area contributed by atoms with Gasteiger partial charge in [0.25, 0.3) is 0 Å². The molecule has 1 saturated heterocycles. The molecule has 0 spiro atoms. The Morgan fingerprint density at radius 1 is 1.42 bits per heavy atom. The fraction of sp³-hybridized carbons (Fsp3) is 1.00. The van der Waals surface area contributed by atoms with E-state index in [2.05, 4.69) is 17.3 Å². The largest absolute Gasteiger partial charge is 0.370 e. The first-order valence-electron chi connectivity index (χ1n) is 4.71. The molecule has 0 amide bonds. The van der Waals surface area contributed by atoms with E-state index in [0.717, 1.165) is 12.5 Å². The highest BCUT2D eigenvalue weighted by Gasteiger charge is 2.15. The summed E-state index contributed by atoms with van der Waals surface area (Å²) in [6.07, 6.45) is 2.65. The van der Waals surface area contributed by atoms with Gasteiger partial charge < -0.3 is 9.64 Å². The number of hydrogen-bond acceptors (Lipinski definition) is 3. The van der Waals surface area contributed by atoms with Crippen molar-refractivity contribution in [1.29, 1.82) is 0 Å². The number of likely N-dealkylation sites (tertiary alicyclic amines) is 1. The lowest BCUT2D eigenvalue weighted by Crippen LogP contribution is -2.35. The topological polar surface area (TPSA) is 24.5 Å². The molecule has 1 aliphatic heterocycles. The molecule has 0 aromatic heterocycles. The van der Waals surface area contributed by atoms with Crippen molar-refractivity contribution in [3.63, 3.8) is 0 Å². The van der Waals surface area contributed by atoms with Gasteiger partial charge in [-0.15, -0.1) is 0 Å². The van der Waals surface area contributed by atoms with Crippen LogP contribution < -0.4 is 5.32 Å². The molecule has 1 rings (SSSR count). The number of ether oxygens (including phenoxy) is 1. The van der Waals surface area contributed by atoms with Crippen LogP contribution in [0.25, 0.3) is 0 Å². The zero-order valence-electron chi connectivity index (χ0n) is 8.18. The van der Waals surface area contributed by atoms with Crippen molar-refractivity contribution < 1.29 is 4.74 Å². The van der Waals surface area contributed by atoms with Crippen molar-refractivity contribution in [2.75, 3.05) is 40.5 Å². The van der Waals surface area contributed by atoms with Crippen LogP contribution in [-0.2, 0) is 4.74 Å². The normalized spacial score (nSPS) is 21.5. The van der Waals surface area contributed by atoms with E-state index in [9.17, 15) is 0 Å². The van der Waals surface area contributed by atoms with Crippen molar-refractivity contribution in [2.45, 2.75) is 12.8 Å². The average molecular weight is 172 g/mol. The molecule has 0 aromatic rings. The second-order valence-electron chi connectivity index (χ2n) is 3.63. The lowest BCUT2D eigenvalue weighted by Gasteiger charge is -2.28. The molecule has 0 saturated carbocycles. The van der Waals surface area contributed by atoms with E-state index in [1.165, 1.54) is 25.9 Å². The van der Waals surface area contributed by atoms with Gasteiger partial charge in [0.15, 0.2) is 0 Å². The molecule has 1 N–H and O–H groups in total. The first-order chi connectivity index (χ1) is 5.83. The van der Waals surface area contributed by atoms with Crippen molar-refractivity contribution in [1.82, 2.24) is 10.2 Å². The van der Waals surface area contributed by atoms with Crippen molar-refractivity contribution in [3.8, 4) is 0 Å². The minimum Gasteiger partial charge on any atom is -0.370 e. The zero-order valence-corrected chi connectivity index (χ0v) is 8.18. The van der Waals surface area contributed by atoms with Gasteiger partial charge in [-0.25, -0.2) is 0 Å². The third kappa shape index (κ3) is 3.52. The second-order valence-corrected chi connectivity index (χ2v) is 3.63. The summed E-state index contributed by atoms with van der Waals surface area (Å²) in [4.78, 5) is 2.40. The van der Waals surface area contributed by atoms with Crippen molar-refractivity contribution in [2.24, 2.45) is 5.92 Å². The Morgan fingerprint density at radius 2 is 2.08 bits per heavy atom. The van der Waals surface area contributed by atoms with Gasteiger partial charge in [0.1, 0.15) is 0 Å². The monoisotopic (exact) mass is 172 g/mol. The van der Waals surface area contributed by atoms with Crippen LogP contribution in [-0.4, -0.2) is 45.4 Å². The van der Waals surface area contributed by atoms with Gasteiger partial charge in [-0.3, -0.25) is 5.32 Å². The Labute approximate surface area is 75.1 Å². The summed E-state index contributed by atoms with van der Waals surface area (Å²) in [5, 5.41) is 3.28. The molecule has 1 fully saturated rings. The molecule has 0 bridgehead atoms. The standard InChI is InChI=1S/C9H20N2O/c1-11-5-3-9(4-6-11)7-10-8-12-2/h9-10H,3-8H2,1-2H3. The third-order valence-electron chi connectivity index (χ3n) is 2.52. The van der Waals surface area contributed by atoms with Crippen LogP contribution in [0.3, 0.4) is 0 Å². The maximum absolute atomic E-state index is 4.93. The summed E-state index contributed by atoms with van der Waals surface area (Å²) < 4.78 is 4.93. The molecule has 12 heavy (non-hydrogen) atoms. The van der Waals surface area contributed by atoms with Gasteiger partial charge in [0.2, 0.25) is 0 Å². The van der Waals surface area contributed by atoms with Gasteiger partial charge in [-0.2, -0.15) is 0 Å². The Kier molecular flexibility index (Phi) is 4.58. The van der Waals surface area contributed by atoms with E-state index in [-0.39, 0.29) is 0 Å². The van der Waals surface area contributed by atoms with E-state index in [1.807, 2.05) is 0 Å². The van der Waals surface area contributed by atoms with Gasteiger partial charge in [-0.05, 0) is 38.9 Å². The SMILES string of the molecule is COCNCC1CCN(C)CC1. The summed E-state index contributed by atoms with van der Waals surface area (Å²) in [6, 6.07) is 0. The van der Waals surface area contributed by atoms with E-state index in [1.54, 1.807) is 7.11 Å². The molecule has 0 atom stereocenters. The van der Waals surface area contributed by atoms with Gasteiger partial charge in [0, 0.05) is 13.7 Å². The lowest BCUT2D eigenvalue weighted by atomic mass is 9.97. The zero-order chi connectivity index (χ0) is 8.81. The Morgan fingerprint density at radius 3 is 2.67 bits per heavy atom. The molecular weight excluding hydrogens is 152 g/mol. The fourth-order valence-corrected chi connectivity index (χ4v) is 1.63. The molecule has 0 radical (unpaired) electrons. The molecule has 0 unspecified atom stereocenters. The molecule has 0 aromatic carbocycles. The Hall–Kier alpha value is -0.120. The number of rotatable bonds is 4. The smallest absolute Gasteiger partial charge is 0.0961 e. The molecule has 72 valence electrons. The Bertz CT molecular complexity index is 111. The van der Waals surface area contributed by atoms with Crippen LogP contribution in [0.5, 0.6) is 0 Å². The van der Waals surface area contributed by atoms with Gasteiger partial charge in [-0.1, -0.05) is 0 Å². The van der Waals surface area contributed by atoms with Gasteiger partial charge >= 0.3 is 0 Å². The summed E-state index contributed by atoms with van der Waals surface area (Å²) in [7, 11) is 3.92. The maximum Gasteiger partial charge on any atom is 0.0961 e. The average Bonchev–Trinajstić information content (AvgIpc) is 2.09. The highest BCUT2D eigenvalue weighted by Crippen LogP contribution is 2.14. The minimum absolute atomic E-state index is 0.687. The molecule has 0 aliphatic carbocycles. The van der Waals surface area contributed by atoms with Crippen LogP contribution in [0.15, 0.2) is 0 Å². The van der Waals surface area contributed by atoms with Crippen LogP contribution in [0, 0.1) is 5.92 Å². The van der Waals surface area contributed by atoms with Crippen LogP contribution in [0.1, 0.15) is 12.8 Å². The fourth-order valence-electron chi connectivity index (χ4n) is 1.63. The highest BCUT2D eigenvalue weighted by atomic mass is 16.5. The predicted octanol–water partition coefficient (Wildman–Crippen LogP) is 0.522. The van der Waals surface area contributed by atoms with Crippen molar-refractivity contribution in [3.05, 3.63) is 0 Å². The number of nitrogens with zero attached hydrogens (tertiary/aromatic N) is 1. The number of nitrogens with one attached hydrogen (secondary N) is 1.